The molecule has 6 nitrogen and oxygen atoms in total. The first-order valence-corrected chi connectivity index (χ1v) is 8.93. The molecule has 2 aliphatic heterocycles. The predicted octanol–water partition coefficient (Wildman–Crippen LogP) is 1.53. The molecule has 3 fully saturated rings. The van der Waals surface area contributed by atoms with Crippen molar-refractivity contribution in [1.82, 2.24) is 9.80 Å². The van der Waals surface area contributed by atoms with Crippen LogP contribution in [-0.4, -0.2) is 66.3 Å². The summed E-state index contributed by atoms with van der Waals surface area (Å²) >= 11 is 0. The molecule has 3 aliphatic rings. The molecule has 1 spiro atoms. The normalized spacial score (nSPS) is 24.3. The highest BCUT2D eigenvalue weighted by atomic mass is 16.7. The van der Waals surface area contributed by atoms with Crippen LogP contribution in [0.25, 0.3) is 0 Å². The first-order chi connectivity index (χ1) is 11.1. The number of carbonyl (C=O) groups excluding carboxylic acids is 2. The van der Waals surface area contributed by atoms with Gasteiger partial charge in [-0.3, -0.25) is 9.59 Å². The summed E-state index contributed by atoms with van der Waals surface area (Å²) in [5, 5.41) is 0. The van der Waals surface area contributed by atoms with Gasteiger partial charge in [0.1, 0.15) is 0 Å². The molecular formula is C17H28N2O4. The van der Waals surface area contributed by atoms with Gasteiger partial charge >= 0.3 is 0 Å². The smallest absolute Gasteiger partial charge is 0.224 e. The lowest BCUT2D eigenvalue weighted by Crippen LogP contribution is -2.48. The van der Waals surface area contributed by atoms with Crippen molar-refractivity contribution in [3.63, 3.8) is 0 Å². The van der Waals surface area contributed by atoms with Gasteiger partial charge in [-0.1, -0.05) is 12.8 Å². The molecule has 0 radical (unpaired) electrons. The fourth-order valence-electron chi connectivity index (χ4n) is 4.07. The number of nitrogens with zero attached hydrogens (tertiary/aromatic N) is 2. The Morgan fingerprint density at radius 2 is 1.74 bits per heavy atom. The van der Waals surface area contributed by atoms with Crippen LogP contribution in [0.1, 0.15) is 51.9 Å². The van der Waals surface area contributed by atoms with Crippen molar-refractivity contribution in [2.24, 2.45) is 0 Å². The third-order valence-electron chi connectivity index (χ3n) is 5.43. The summed E-state index contributed by atoms with van der Waals surface area (Å²) in [6.45, 7) is 4.84. The van der Waals surface area contributed by atoms with E-state index < -0.39 is 5.79 Å². The average Bonchev–Trinajstić information content (AvgIpc) is 3.20. The van der Waals surface area contributed by atoms with E-state index in [1.807, 2.05) is 9.80 Å². The van der Waals surface area contributed by atoms with E-state index in [2.05, 4.69) is 0 Å². The Morgan fingerprint density at radius 1 is 1.13 bits per heavy atom. The van der Waals surface area contributed by atoms with E-state index in [4.69, 9.17) is 9.47 Å². The SMILES string of the molecule is CC(=O)N(CCC(=O)N1CCC2(CC1)OCCO2)C1CCCC1. The number of carbonyl (C=O) groups is 2. The van der Waals surface area contributed by atoms with E-state index in [1.165, 1.54) is 12.8 Å². The minimum atomic E-state index is -0.438. The zero-order valence-electron chi connectivity index (χ0n) is 14.1. The van der Waals surface area contributed by atoms with Gasteiger partial charge in [0.25, 0.3) is 0 Å². The number of hydrogen-bond donors (Lipinski definition) is 0. The third kappa shape index (κ3) is 3.86. The Morgan fingerprint density at radius 3 is 2.30 bits per heavy atom. The highest BCUT2D eigenvalue weighted by molar-refractivity contribution is 5.78. The van der Waals surface area contributed by atoms with Crippen LogP contribution in [0.5, 0.6) is 0 Å². The van der Waals surface area contributed by atoms with Crippen LogP contribution in [0.4, 0.5) is 0 Å². The Hall–Kier alpha value is -1.14. The maximum absolute atomic E-state index is 12.4. The van der Waals surface area contributed by atoms with Gasteiger partial charge in [0.15, 0.2) is 5.79 Å². The molecule has 1 saturated carbocycles. The first-order valence-electron chi connectivity index (χ1n) is 8.93. The van der Waals surface area contributed by atoms with E-state index in [0.29, 0.717) is 45.3 Å². The Kier molecular flexibility index (Phi) is 5.21. The van der Waals surface area contributed by atoms with Crippen molar-refractivity contribution >= 4 is 11.8 Å². The van der Waals surface area contributed by atoms with Gasteiger partial charge in [-0.05, 0) is 12.8 Å². The molecule has 2 heterocycles. The van der Waals surface area contributed by atoms with Gasteiger partial charge in [-0.15, -0.1) is 0 Å². The molecule has 6 heteroatoms. The molecule has 2 amide bonds. The van der Waals surface area contributed by atoms with Crippen molar-refractivity contribution in [1.29, 1.82) is 0 Å². The molecule has 1 aliphatic carbocycles. The fourth-order valence-corrected chi connectivity index (χ4v) is 4.07. The van der Waals surface area contributed by atoms with Crippen molar-refractivity contribution in [2.45, 2.75) is 63.7 Å². The van der Waals surface area contributed by atoms with Crippen molar-refractivity contribution < 1.29 is 19.1 Å². The number of rotatable bonds is 4. The van der Waals surface area contributed by atoms with Crippen LogP contribution in [-0.2, 0) is 19.1 Å². The summed E-state index contributed by atoms with van der Waals surface area (Å²) in [5.74, 6) is -0.205. The molecule has 23 heavy (non-hydrogen) atoms. The third-order valence-corrected chi connectivity index (χ3v) is 5.43. The number of amides is 2. The molecule has 0 unspecified atom stereocenters. The largest absolute Gasteiger partial charge is 0.347 e. The molecule has 130 valence electrons. The highest BCUT2D eigenvalue weighted by Gasteiger charge is 2.40. The summed E-state index contributed by atoms with van der Waals surface area (Å²) in [4.78, 5) is 28.1. The molecule has 2 saturated heterocycles. The lowest BCUT2D eigenvalue weighted by molar-refractivity contribution is -0.187. The van der Waals surface area contributed by atoms with E-state index in [0.717, 1.165) is 25.7 Å². The van der Waals surface area contributed by atoms with Crippen molar-refractivity contribution in [3.8, 4) is 0 Å². The summed E-state index contributed by atoms with van der Waals surface area (Å²) in [6.07, 6.45) is 6.46. The first kappa shape index (κ1) is 16.7. The summed E-state index contributed by atoms with van der Waals surface area (Å²) in [6, 6.07) is 0.338. The molecule has 0 bridgehead atoms. The second kappa shape index (κ2) is 7.18. The summed E-state index contributed by atoms with van der Waals surface area (Å²) in [7, 11) is 0. The van der Waals surface area contributed by atoms with Crippen LogP contribution in [0.3, 0.4) is 0 Å². The quantitative estimate of drug-likeness (QED) is 0.787. The number of hydrogen-bond acceptors (Lipinski definition) is 4. The van der Waals surface area contributed by atoms with Crippen LogP contribution >= 0.6 is 0 Å². The van der Waals surface area contributed by atoms with E-state index >= 15 is 0 Å². The summed E-state index contributed by atoms with van der Waals surface area (Å²) in [5.41, 5.74) is 0. The van der Waals surface area contributed by atoms with Crippen LogP contribution in [0.15, 0.2) is 0 Å². The number of likely N-dealkylation sites (tertiary alicyclic amines) is 1. The minimum Gasteiger partial charge on any atom is -0.347 e. The van der Waals surface area contributed by atoms with Crippen LogP contribution in [0.2, 0.25) is 0 Å². The summed E-state index contributed by atoms with van der Waals surface area (Å²) < 4.78 is 11.4. The monoisotopic (exact) mass is 324 g/mol. The Labute approximate surface area is 138 Å². The van der Waals surface area contributed by atoms with Gasteiger partial charge in [-0.2, -0.15) is 0 Å². The van der Waals surface area contributed by atoms with Gasteiger partial charge in [0.05, 0.1) is 13.2 Å². The van der Waals surface area contributed by atoms with E-state index in [1.54, 1.807) is 6.92 Å². The second-order valence-corrected chi connectivity index (χ2v) is 6.89. The predicted molar refractivity (Wildman–Crippen MR) is 84.7 cm³/mol. The Balaban J connectivity index is 1.46. The molecule has 3 rings (SSSR count). The topological polar surface area (TPSA) is 59.1 Å². The fraction of sp³-hybridized carbons (Fsp3) is 0.882. The molecule has 0 aromatic carbocycles. The zero-order valence-corrected chi connectivity index (χ0v) is 14.1. The van der Waals surface area contributed by atoms with Gasteiger partial charge in [0, 0.05) is 51.9 Å². The molecule has 0 aromatic heterocycles. The lowest BCUT2D eigenvalue weighted by Gasteiger charge is -2.38. The molecule has 0 N–H and O–H groups in total. The van der Waals surface area contributed by atoms with Crippen molar-refractivity contribution in [3.05, 3.63) is 0 Å². The standard InChI is InChI=1S/C17H28N2O4/c1-14(20)19(15-4-2-3-5-15)9-6-16(21)18-10-7-17(8-11-18)22-12-13-23-17/h15H,2-13H2,1H3. The number of ether oxygens (including phenoxy) is 2. The lowest BCUT2D eigenvalue weighted by atomic mass is 10.0. The Bertz CT molecular complexity index is 432. The second-order valence-electron chi connectivity index (χ2n) is 6.89. The minimum absolute atomic E-state index is 0.0926. The van der Waals surface area contributed by atoms with E-state index in [-0.39, 0.29) is 11.8 Å². The van der Waals surface area contributed by atoms with Gasteiger partial charge in [-0.25, -0.2) is 0 Å². The van der Waals surface area contributed by atoms with Crippen LogP contribution < -0.4 is 0 Å². The van der Waals surface area contributed by atoms with E-state index in [9.17, 15) is 9.59 Å². The number of piperidine rings is 1. The van der Waals surface area contributed by atoms with Gasteiger partial charge < -0.3 is 19.3 Å². The molecule has 0 atom stereocenters. The van der Waals surface area contributed by atoms with Crippen LogP contribution in [0, 0.1) is 0 Å². The van der Waals surface area contributed by atoms with Crippen molar-refractivity contribution in [2.75, 3.05) is 32.8 Å². The van der Waals surface area contributed by atoms with Gasteiger partial charge in [0.2, 0.25) is 11.8 Å². The maximum atomic E-state index is 12.4. The average molecular weight is 324 g/mol. The maximum Gasteiger partial charge on any atom is 0.224 e. The zero-order chi connectivity index (χ0) is 16.3. The molecular weight excluding hydrogens is 296 g/mol. The highest BCUT2D eigenvalue weighted by Crippen LogP contribution is 2.31. The molecule has 0 aromatic rings.